The molecule has 0 aliphatic carbocycles. The highest BCUT2D eigenvalue weighted by Gasteiger charge is 2.47. The Morgan fingerprint density at radius 3 is 0.750 bits per heavy atom. The van der Waals surface area contributed by atoms with E-state index in [4.69, 9.17) is 33.5 Å². The average Bonchev–Trinajstić information content (AvgIpc) is 2.84. The Bertz CT molecular complexity index is 801. The van der Waals surface area contributed by atoms with Crippen LogP contribution < -0.4 is 0 Å². The van der Waals surface area contributed by atoms with Crippen molar-refractivity contribution in [2.45, 2.75) is 220 Å². The van der Waals surface area contributed by atoms with Gasteiger partial charge in [-0.3, -0.25) is 0 Å². The van der Waals surface area contributed by atoms with Gasteiger partial charge in [-0.1, -0.05) is 69.6 Å². The molecule has 0 bridgehead atoms. The van der Waals surface area contributed by atoms with Crippen molar-refractivity contribution in [1.29, 1.82) is 0 Å². The maximum Gasteiger partial charge on any atom is 0.479 e. The second-order valence-electron chi connectivity index (χ2n) is 18.7. The highest BCUT2D eigenvalue weighted by atomic mass is 28.5. The minimum atomic E-state index is -2.64. The molecule has 0 spiro atoms. The molecule has 350 valence electrons. The van der Waals surface area contributed by atoms with Crippen molar-refractivity contribution in [3.8, 4) is 0 Å². The lowest BCUT2D eigenvalue weighted by Gasteiger charge is -2.39. The van der Waals surface area contributed by atoms with E-state index in [9.17, 15) is 0 Å². The maximum atomic E-state index is 6.56. The van der Waals surface area contributed by atoms with Gasteiger partial charge >= 0.3 is 17.6 Å². The summed E-state index contributed by atoms with van der Waals surface area (Å²) >= 11 is 0. The van der Waals surface area contributed by atoms with Crippen LogP contribution in [0.1, 0.15) is 83.1 Å². The number of hydrogen-bond acceptors (Lipinski definition) is 8. The van der Waals surface area contributed by atoms with Gasteiger partial charge in [-0.05, 0) is 150 Å². The summed E-state index contributed by atoms with van der Waals surface area (Å²) in [5.74, 6) is 0. The van der Waals surface area contributed by atoms with Crippen LogP contribution >= 0.6 is 0 Å². The van der Waals surface area contributed by atoms with Crippen molar-refractivity contribution >= 4 is 76.8 Å². The smallest absolute Gasteiger partial charge is 0.439 e. The van der Waals surface area contributed by atoms with Gasteiger partial charge in [0, 0.05) is 26.3 Å². The Kier molecular flexibility index (Phi) is 48.1. The number of rotatable bonds is 24. The third-order valence-electron chi connectivity index (χ3n) is 5.80. The first-order valence-electron chi connectivity index (χ1n) is 18.7. The van der Waals surface area contributed by atoms with E-state index in [0.717, 1.165) is 50.6 Å². The second kappa shape index (κ2) is 34.7. The Hall–Kier alpha value is 1.11. The zero-order chi connectivity index (χ0) is 40.3. The molecule has 0 aromatic rings. The van der Waals surface area contributed by atoms with E-state index in [1.165, 1.54) is 0 Å². The Labute approximate surface area is 367 Å². The summed E-state index contributed by atoms with van der Waals surface area (Å²) in [7, 11) is -12.9. The predicted molar refractivity (Wildman–Crippen MR) is 283 cm³/mol. The van der Waals surface area contributed by atoms with Gasteiger partial charge in [-0.2, -0.15) is 0 Å². The summed E-state index contributed by atoms with van der Waals surface area (Å²) in [5, 5.41) is 0. The molecule has 0 amide bonds. The third-order valence-corrected chi connectivity index (χ3v) is 32.1. The molecule has 0 unspecified atom stereocenters. The van der Waals surface area contributed by atoms with Crippen LogP contribution in [0.15, 0.2) is 25.3 Å². The second-order valence-corrected chi connectivity index (χ2v) is 54.9. The van der Waals surface area contributed by atoms with Gasteiger partial charge in [-0.15, -0.1) is 13.2 Å². The van der Waals surface area contributed by atoms with E-state index in [2.05, 4.69) is 138 Å². The van der Waals surface area contributed by atoms with E-state index < -0.39 is 76.8 Å². The van der Waals surface area contributed by atoms with Crippen molar-refractivity contribution in [3.63, 3.8) is 0 Å². The molecule has 0 radical (unpaired) electrons. The van der Waals surface area contributed by atoms with Gasteiger partial charge in [0.25, 0.3) is 9.28 Å². The highest BCUT2D eigenvalue weighted by molar-refractivity contribution is 6.86. The summed E-state index contributed by atoms with van der Waals surface area (Å²) in [6.45, 7) is 49.1. The molecule has 0 aromatic carbocycles. The first-order valence-corrected chi connectivity index (χ1v) is 45.1. The molecule has 56 heavy (non-hydrogen) atoms. The van der Waals surface area contributed by atoms with Crippen LogP contribution in [0.3, 0.4) is 0 Å². The highest BCUT2D eigenvalue weighted by Crippen LogP contribution is 2.30. The van der Waals surface area contributed by atoms with Gasteiger partial charge in [-0.25, -0.2) is 0 Å². The SMILES string of the molecule is C.C.C.C.C.C.C=CCCC=C.CO[Si](CCCCCC[Si](OC)(O[Si](C)(C)C)O[Si](C)(C)C)(O[Si](C)(C)C)O[Si](C)(C)C.C[SiH](O[Si](C)(C)C)O[Si](C)(C)C. The number of allylic oxidation sites excluding steroid dienone is 2. The van der Waals surface area contributed by atoms with Gasteiger partial charge in [0.15, 0.2) is 49.9 Å². The van der Waals surface area contributed by atoms with E-state index in [1.807, 2.05) is 12.2 Å². The van der Waals surface area contributed by atoms with Crippen LogP contribution in [0.25, 0.3) is 0 Å². The largest absolute Gasteiger partial charge is 0.479 e. The van der Waals surface area contributed by atoms with E-state index in [1.54, 1.807) is 14.2 Å². The summed E-state index contributed by atoms with van der Waals surface area (Å²) in [5.41, 5.74) is 0. The number of unbranched alkanes of at least 4 members (excludes halogenated alkanes) is 4. The van der Waals surface area contributed by atoms with Gasteiger partial charge in [0.2, 0.25) is 0 Å². The Morgan fingerprint density at radius 2 is 0.607 bits per heavy atom. The van der Waals surface area contributed by atoms with Gasteiger partial charge in [0.1, 0.15) is 0 Å². The van der Waals surface area contributed by atoms with Crippen LogP contribution in [0.4, 0.5) is 0 Å². The third kappa shape index (κ3) is 53.1. The first kappa shape index (κ1) is 77.7. The summed E-state index contributed by atoms with van der Waals surface area (Å²) < 4.78 is 50.1. The molecule has 0 rings (SSSR count). The summed E-state index contributed by atoms with van der Waals surface area (Å²) in [6, 6.07) is 1.78. The molecule has 0 fully saturated rings. The molecule has 0 aliphatic heterocycles. The standard InChI is InChI=1S/C20H54O6Si6.C7H22O2Si3.C6H10.6CH4/c1-21-31(23-27(3,4)5,24-28(6,7)8)19-17-15-16-18-20-32(22-2,25-29(9,10)11)26-30(12,13)14;1-10(8-11(2,3)4)9-12(5,6)7;1-3-5-6-4-2;;;;;;/h15-20H2,1-14H3;10H,1-7H3;3-4H,1-2,5-6H2;6*1H4. The normalized spacial score (nSPS) is 12.2. The van der Waals surface area contributed by atoms with Gasteiger partial charge < -0.3 is 33.5 Å². The molecular weight excluding hydrogens is 849 g/mol. The maximum absolute atomic E-state index is 6.56. The van der Waals surface area contributed by atoms with Crippen LogP contribution in [0.2, 0.25) is 136 Å². The van der Waals surface area contributed by atoms with Crippen LogP contribution in [0.5, 0.6) is 0 Å². The average molecular weight is 960 g/mol. The van der Waals surface area contributed by atoms with Crippen LogP contribution in [-0.4, -0.2) is 91.0 Å². The Balaban J connectivity index is -0.000000110. The monoisotopic (exact) mass is 959 g/mol. The lowest BCUT2D eigenvalue weighted by atomic mass is 10.2. The fourth-order valence-electron chi connectivity index (χ4n) is 4.77. The lowest BCUT2D eigenvalue weighted by molar-refractivity contribution is 0.194. The molecule has 8 nitrogen and oxygen atoms in total. The van der Waals surface area contributed by atoms with Crippen LogP contribution in [0, 0.1) is 0 Å². The zero-order valence-electron chi connectivity index (χ0n) is 37.1. The molecule has 17 heteroatoms. The van der Waals surface area contributed by atoms with E-state index in [0.29, 0.717) is 0 Å². The molecule has 0 aliphatic rings. The fourth-order valence-corrected chi connectivity index (χ4v) is 34.1. The first-order chi connectivity index (χ1) is 22.2. The quantitative estimate of drug-likeness (QED) is 0.0538. The van der Waals surface area contributed by atoms with Crippen molar-refractivity contribution in [2.75, 3.05) is 14.2 Å². The minimum absolute atomic E-state index is 0. The van der Waals surface area contributed by atoms with Crippen molar-refractivity contribution in [3.05, 3.63) is 25.3 Å². The van der Waals surface area contributed by atoms with E-state index in [-0.39, 0.29) is 44.6 Å². The molecule has 0 heterocycles. The fraction of sp³-hybridized carbons (Fsp3) is 0.897. The molecular formula is C39H110O8Si9. The molecule has 0 saturated heterocycles. The number of hydrogen-bond donors (Lipinski definition) is 0. The van der Waals surface area contributed by atoms with E-state index >= 15 is 0 Å². The summed E-state index contributed by atoms with van der Waals surface area (Å²) in [6.07, 6.45) is 10.3. The molecule has 0 aromatic heterocycles. The topological polar surface area (TPSA) is 73.8 Å². The minimum Gasteiger partial charge on any atom is -0.439 e. The molecule has 0 N–H and O–H groups in total. The van der Waals surface area contributed by atoms with Crippen molar-refractivity contribution < 1.29 is 33.5 Å². The molecule has 0 saturated carbocycles. The summed E-state index contributed by atoms with van der Waals surface area (Å²) in [4.78, 5) is 0. The predicted octanol–water partition coefficient (Wildman–Crippen LogP) is 15.6. The lowest BCUT2D eigenvalue weighted by Crippen LogP contribution is -2.56. The van der Waals surface area contributed by atoms with Crippen LogP contribution in [-0.2, 0) is 33.5 Å². The van der Waals surface area contributed by atoms with Gasteiger partial charge in [0.05, 0.1) is 0 Å². The zero-order valence-corrected chi connectivity index (χ0v) is 46.2. The van der Waals surface area contributed by atoms with Crippen molar-refractivity contribution in [1.82, 2.24) is 0 Å². The van der Waals surface area contributed by atoms with Crippen molar-refractivity contribution in [2.24, 2.45) is 0 Å². The Morgan fingerprint density at radius 1 is 0.393 bits per heavy atom. The molecule has 0 atom stereocenters.